The van der Waals surface area contributed by atoms with Crippen LogP contribution in [0.2, 0.25) is 0 Å². The van der Waals surface area contributed by atoms with Crippen LogP contribution in [0.4, 0.5) is 0 Å². The summed E-state index contributed by atoms with van der Waals surface area (Å²) in [7, 11) is 0. The van der Waals surface area contributed by atoms with Gasteiger partial charge in [-0.2, -0.15) is 11.8 Å². The van der Waals surface area contributed by atoms with Crippen LogP contribution in [0.5, 0.6) is 0 Å². The van der Waals surface area contributed by atoms with Crippen LogP contribution < -0.4 is 5.32 Å². The largest absolute Gasteiger partial charge is 0.310 e. The van der Waals surface area contributed by atoms with Gasteiger partial charge in [0.2, 0.25) is 0 Å². The second kappa shape index (κ2) is 4.41. The molecule has 0 radical (unpaired) electrons. The molecule has 0 saturated heterocycles. The fourth-order valence-corrected chi connectivity index (χ4v) is 6.06. The van der Waals surface area contributed by atoms with Crippen molar-refractivity contribution in [3.8, 4) is 0 Å². The van der Waals surface area contributed by atoms with Crippen molar-refractivity contribution in [2.45, 2.75) is 76.6 Å². The first-order chi connectivity index (χ1) is 8.45. The Morgan fingerprint density at radius 2 is 1.89 bits per heavy atom. The molecule has 0 heterocycles. The fraction of sp³-hybridized carbons (Fsp3) is 1.00. The van der Waals surface area contributed by atoms with Crippen molar-refractivity contribution >= 4 is 11.8 Å². The van der Waals surface area contributed by atoms with Crippen molar-refractivity contribution in [2.24, 2.45) is 16.7 Å². The second-order valence-corrected chi connectivity index (χ2v) is 9.02. The number of hydrogen-bond acceptors (Lipinski definition) is 2. The summed E-state index contributed by atoms with van der Waals surface area (Å²) in [4.78, 5) is 0. The highest BCUT2D eigenvalue weighted by molar-refractivity contribution is 7.99. The Kier molecular flexibility index (Phi) is 3.26. The topological polar surface area (TPSA) is 12.0 Å². The number of hydrogen-bond donors (Lipinski definition) is 1. The Bertz CT molecular complexity index is 322. The summed E-state index contributed by atoms with van der Waals surface area (Å²) in [6.45, 7) is 7.57. The summed E-state index contributed by atoms with van der Waals surface area (Å²) in [6.07, 6.45) is 10.9. The fourth-order valence-electron chi connectivity index (χ4n) is 5.26. The van der Waals surface area contributed by atoms with Crippen molar-refractivity contribution in [1.29, 1.82) is 0 Å². The molecule has 1 nitrogen and oxygen atoms in total. The zero-order valence-corrected chi connectivity index (χ0v) is 13.3. The van der Waals surface area contributed by atoms with Crippen molar-refractivity contribution < 1.29 is 0 Å². The van der Waals surface area contributed by atoms with Gasteiger partial charge in [0.25, 0.3) is 0 Å². The molecular weight excluding hydrogens is 238 g/mol. The molecule has 3 saturated carbocycles. The maximum Gasteiger partial charge on any atom is 0.0177 e. The van der Waals surface area contributed by atoms with Crippen molar-refractivity contribution in [2.75, 3.05) is 6.26 Å². The van der Waals surface area contributed by atoms with Crippen molar-refractivity contribution in [3.05, 3.63) is 0 Å². The third-order valence-corrected chi connectivity index (χ3v) is 7.48. The van der Waals surface area contributed by atoms with Crippen molar-refractivity contribution in [1.82, 2.24) is 5.32 Å². The number of fused-ring (bicyclic) bond motifs is 2. The van der Waals surface area contributed by atoms with Gasteiger partial charge in [0.1, 0.15) is 0 Å². The molecule has 3 fully saturated rings. The van der Waals surface area contributed by atoms with Crippen LogP contribution in [0.25, 0.3) is 0 Å². The van der Waals surface area contributed by atoms with Gasteiger partial charge < -0.3 is 5.32 Å². The minimum atomic E-state index is 0.518. The molecule has 0 aliphatic heterocycles. The van der Waals surface area contributed by atoms with Gasteiger partial charge in [-0.05, 0) is 61.5 Å². The summed E-state index contributed by atoms with van der Waals surface area (Å²) < 4.78 is 0. The Hall–Kier alpha value is 0.310. The van der Waals surface area contributed by atoms with E-state index in [0.717, 1.165) is 23.3 Å². The third kappa shape index (κ3) is 1.95. The van der Waals surface area contributed by atoms with Gasteiger partial charge >= 0.3 is 0 Å². The van der Waals surface area contributed by atoms with E-state index in [1.807, 2.05) is 0 Å². The predicted molar refractivity (Wildman–Crippen MR) is 81.1 cm³/mol. The van der Waals surface area contributed by atoms with E-state index < -0.39 is 0 Å². The van der Waals surface area contributed by atoms with E-state index in [9.17, 15) is 0 Å². The Balaban J connectivity index is 1.69. The summed E-state index contributed by atoms with van der Waals surface area (Å²) >= 11 is 2.07. The molecule has 2 bridgehead atoms. The molecule has 104 valence electrons. The van der Waals surface area contributed by atoms with Gasteiger partial charge in [-0.15, -0.1) is 0 Å². The van der Waals surface area contributed by atoms with Crippen LogP contribution in [0, 0.1) is 16.7 Å². The smallest absolute Gasteiger partial charge is 0.0177 e. The quantitative estimate of drug-likeness (QED) is 0.827. The lowest BCUT2D eigenvalue weighted by Gasteiger charge is -2.44. The molecule has 3 aliphatic carbocycles. The zero-order valence-electron chi connectivity index (χ0n) is 12.5. The standard InChI is InChI=1S/C16H29NS/c1-15(2)11-7-8-16(3,10-11)14(15)17-12-5-6-13(9-12)18-4/h11-14,17H,5-10H2,1-4H3. The molecule has 18 heavy (non-hydrogen) atoms. The third-order valence-electron chi connectivity index (χ3n) is 6.39. The van der Waals surface area contributed by atoms with Gasteiger partial charge in [0, 0.05) is 17.3 Å². The Morgan fingerprint density at radius 1 is 1.11 bits per heavy atom. The first-order valence-corrected chi connectivity index (χ1v) is 9.03. The lowest BCUT2D eigenvalue weighted by atomic mass is 9.68. The summed E-state index contributed by atoms with van der Waals surface area (Å²) in [5.41, 5.74) is 1.11. The van der Waals surface area contributed by atoms with Gasteiger partial charge in [-0.1, -0.05) is 20.8 Å². The van der Waals surface area contributed by atoms with Gasteiger partial charge in [0.15, 0.2) is 0 Å². The number of nitrogens with one attached hydrogen (secondary N) is 1. The van der Waals surface area contributed by atoms with Crippen LogP contribution >= 0.6 is 11.8 Å². The first-order valence-electron chi connectivity index (χ1n) is 7.74. The molecule has 2 heteroatoms. The van der Waals surface area contributed by atoms with Gasteiger partial charge in [0.05, 0.1) is 0 Å². The van der Waals surface area contributed by atoms with E-state index >= 15 is 0 Å². The maximum atomic E-state index is 4.09. The van der Waals surface area contributed by atoms with E-state index in [4.69, 9.17) is 0 Å². The van der Waals surface area contributed by atoms with E-state index in [0.29, 0.717) is 10.8 Å². The molecule has 0 aromatic heterocycles. The molecule has 0 aromatic rings. The second-order valence-electron chi connectivity index (χ2n) is 7.88. The molecule has 0 spiro atoms. The highest BCUT2D eigenvalue weighted by atomic mass is 32.2. The van der Waals surface area contributed by atoms with Gasteiger partial charge in [-0.3, -0.25) is 0 Å². The molecule has 1 N–H and O–H groups in total. The van der Waals surface area contributed by atoms with Crippen LogP contribution in [-0.2, 0) is 0 Å². The summed E-state index contributed by atoms with van der Waals surface area (Å²) in [6, 6.07) is 1.55. The highest BCUT2D eigenvalue weighted by Gasteiger charge is 2.59. The number of rotatable bonds is 3. The Morgan fingerprint density at radius 3 is 2.44 bits per heavy atom. The SMILES string of the molecule is CSC1CCC(NC2C3(C)CCC(C3)C2(C)C)C1. The first kappa shape index (κ1) is 13.3. The van der Waals surface area contributed by atoms with E-state index in [1.54, 1.807) is 0 Å². The zero-order chi connectivity index (χ0) is 13.0. The molecule has 3 rings (SSSR count). The molecule has 3 aliphatic rings. The minimum absolute atomic E-state index is 0.518. The van der Waals surface area contributed by atoms with Gasteiger partial charge in [-0.25, -0.2) is 0 Å². The number of thioether (sulfide) groups is 1. The van der Waals surface area contributed by atoms with Crippen LogP contribution in [-0.4, -0.2) is 23.6 Å². The maximum absolute atomic E-state index is 4.09. The average Bonchev–Trinajstić information content (AvgIpc) is 2.95. The molecule has 0 aromatic carbocycles. The summed E-state index contributed by atoms with van der Waals surface area (Å²) in [5.74, 6) is 0.970. The van der Waals surface area contributed by atoms with Crippen LogP contribution in [0.1, 0.15) is 59.3 Å². The molecule has 5 atom stereocenters. The highest BCUT2D eigenvalue weighted by Crippen LogP contribution is 2.62. The van der Waals surface area contributed by atoms with E-state index in [1.165, 1.54) is 38.5 Å². The molecule has 5 unspecified atom stereocenters. The lowest BCUT2D eigenvalue weighted by molar-refractivity contribution is 0.0989. The Labute approximate surface area is 117 Å². The minimum Gasteiger partial charge on any atom is -0.310 e. The summed E-state index contributed by atoms with van der Waals surface area (Å²) in [5, 5.41) is 5.00. The molecule has 0 amide bonds. The normalized spacial score (nSPS) is 50.0. The predicted octanol–water partition coefficient (Wildman–Crippen LogP) is 4.07. The van der Waals surface area contributed by atoms with Crippen LogP contribution in [0.3, 0.4) is 0 Å². The van der Waals surface area contributed by atoms with E-state index in [2.05, 4.69) is 44.1 Å². The van der Waals surface area contributed by atoms with Crippen LogP contribution in [0.15, 0.2) is 0 Å². The lowest BCUT2D eigenvalue weighted by Crippen LogP contribution is -2.53. The average molecular weight is 267 g/mol. The molecular formula is C16H29NS. The van der Waals surface area contributed by atoms with E-state index in [-0.39, 0.29) is 0 Å². The monoisotopic (exact) mass is 267 g/mol. The van der Waals surface area contributed by atoms with Crippen molar-refractivity contribution in [3.63, 3.8) is 0 Å².